The molecule has 0 spiro atoms. The van der Waals surface area contributed by atoms with Crippen molar-refractivity contribution in [1.82, 2.24) is 26.6 Å². The molecule has 0 aromatic heterocycles. The molecule has 0 bridgehead atoms. The molecule has 17 nitrogen and oxygen atoms in total. The standard InChI is InChI=1S/C23H38N8O9S/c1-23(2,3)17-20(38)29-11(5-4-6-26-22(24)25)18(36)27-8-14(32)28-12(7-16(34)35)19(37)30-13(21(39)40)9-41-10-15(33)31-17/h11-13,17H,4-10H2,1-3H3,(H,27,36)(H,28,32)(H,29,38)(H,30,37)(H,31,33)(H,34,35)(H,39,40)(H4,24,25,26)/t11-,12-,13-,17-/m0/s1. The van der Waals surface area contributed by atoms with Gasteiger partial charge in [-0.15, -0.1) is 11.8 Å². The summed E-state index contributed by atoms with van der Waals surface area (Å²) in [5.41, 5.74) is 9.83. The first-order valence-corrected chi connectivity index (χ1v) is 13.7. The summed E-state index contributed by atoms with van der Waals surface area (Å²) in [6.45, 7) is 4.53. The maximum Gasteiger partial charge on any atom is 0.327 e. The zero-order valence-corrected chi connectivity index (χ0v) is 23.8. The van der Waals surface area contributed by atoms with Gasteiger partial charge in [-0.2, -0.15) is 0 Å². The molecule has 0 aromatic carbocycles. The van der Waals surface area contributed by atoms with E-state index >= 15 is 0 Å². The third kappa shape index (κ3) is 13.2. The number of nitrogens with one attached hydrogen (secondary N) is 5. The summed E-state index contributed by atoms with van der Waals surface area (Å²) in [7, 11) is 0. The topological polar surface area (TPSA) is 284 Å². The number of carboxylic acids is 2. The molecule has 4 atom stereocenters. The molecule has 1 aliphatic rings. The molecule has 1 saturated heterocycles. The molecule has 11 N–H and O–H groups in total. The van der Waals surface area contributed by atoms with Gasteiger partial charge >= 0.3 is 11.9 Å². The van der Waals surface area contributed by atoms with Crippen molar-refractivity contribution >= 4 is 59.2 Å². The van der Waals surface area contributed by atoms with Crippen LogP contribution in [-0.4, -0.2) is 106 Å². The van der Waals surface area contributed by atoms with Crippen molar-refractivity contribution in [1.29, 1.82) is 0 Å². The number of thioether (sulfide) groups is 1. The van der Waals surface area contributed by atoms with Crippen molar-refractivity contribution < 1.29 is 43.8 Å². The highest BCUT2D eigenvalue weighted by Crippen LogP contribution is 2.20. The van der Waals surface area contributed by atoms with Crippen molar-refractivity contribution in [2.45, 2.75) is 64.2 Å². The number of guanidine groups is 1. The summed E-state index contributed by atoms with van der Waals surface area (Å²) < 4.78 is 0. The van der Waals surface area contributed by atoms with Crippen LogP contribution >= 0.6 is 11.8 Å². The Balaban J connectivity index is 3.30. The minimum atomic E-state index is -1.66. The van der Waals surface area contributed by atoms with E-state index in [0.717, 1.165) is 11.8 Å². The van der Waals surface area contributed by atoms with Gasteiger partial charge in [-0.1, -0.05) is 20.8 Å². The number of carbonyl (C=O) groups is 7. The predicted octanol–water partition coefficient (Wildman–Crippen LogP) is -3.55. The van der Waals surface area contributed by atoms with Gasteiger partial charge in [0, 0.05) is 12.3 Å². The number of nitrogens with zero attached hydrogens (tertiary/aromatic N) is 1. The molecule has 18 heteroatoms. The summed E-state index contributed by atoms with van der Waals surface area (Å²) in [6, 6.07) is -5.45. The molecule has 1 rings (SSSR count). The van der Waals surface area contributed by atoms with Crippen LogP contribution in [0, 0.1) is 5.41 Å². The molecule has 1 heterocycles. The largest absolute Gasteiger partial charge is 0.481 e. The van der Waals surface area contributed by atoms with Gasteiger partial charge in [0.25, 0.3) is 0 Å². The van der Waals surface area contributed by atoms with Crippen LogP contribution in [0.5, 0.6) is 0 Å². The summed E-state index contributed by atoms with van der Waals surface area (Å²) >= 11 is 0.850. The number of carboxylic acid groups (broad SMARTS) is 2. The highest BCUT2D eigenvalue weighted by atomic mass is 32.2. The molecular formula is C23H38N8O9S. The molecule has 0 saturated carbocycles. The maximum absolute atomic E-state index is 13.2. The third-order valence-corrected chi connectivity index (χ3v) is 6.63. The highest BCUT2D eigenvalue weighted by molar-refractivity contribution is 8.00. The zero-order valence-electron chi connectivity index (χ0n) is 23.0. The number of hydrogen-bond acceptors (Lipinski definition) is 9. The van der Waals surface area contributed by atoms with Crippen LogP contribution in [0.15, 0.2) is 4.99 Å². The van der Waals surface area contributed by atoms with Crippen LogP contribution in [-0.2, 0) is 33.6 Å². The van der Waals surface area contributed by atoms with E-state index in [0.29, 0.717) is 0 Å². The summed E-state index contributed by atoms with van der Waals surface area (Å²) in [5, 5.41) is 30.5. The van der Waals surface area contributed by atoms with Crippen LogP contribution in [0.1, 0.15) is 40.0 Å². The van der Waals surface area contributed by atoms with Gasteiger partial charge in [-0.05, 0) is 18.3 Å². The first-order valence-electron chi connectivity index (χ1n) is 12.6. The molecule has 0 unspecified atom stereocenters. The maximum atomic E-state index is 13.2. The van der Waals surface area contributed by atoms with Gasteiger partial charge < -0.3 is 48.3 Å². The first kappa shape index (κ1) is 34.9. The number of hydrogen-bond donors (Lipinski definition) is 9. The van der Waals surface area contributed by atoms with Crippen molar-refractivity contribution in [2.75, 3.05) is 24.6 Å². The quantitative estimate of drug-likeness (QED) is 0.0778. The Labute approximate surface area is 240 Å². The Kier molecular flexibility index (Phi) is 13.8. The number of nitrogens with two attached hydrogens (primary N) is 2. The number of aliphatic carboxylic acids is 2. The van der Waals surface area contributed by atoms with E-state index in [4.69, 9.17) is 16.6 Å². The summed E-state index contributed by atoms with van der Waals surface area (Å²) in [6.07, 6.45) is -0.556. The van der Waals surface area contributed by atoms with Crippen molar-refractivity contribution in [3.05, 3.63) is 0 Å². The molecule has 0 aliphatic carbocycles. The monoisotopic (exact) mass is 602 g/mol. The molecule has 0 aromatic rings. The van der Waals surface area contributed by atoms with E-state index in [1.54, 1.807) is 20.8 Å². The van der Waals surface area contributed by atoms with E-state index in [9.17, 15) is 38.7 Å². The van der Waals surface area contributed by atoms with E-state index < -0.39 is 84.0 Å². The fourth-order valence-corrected chi connectivity index (χ4v) is 4.39. The number of amides is 5. The molecule has 1 aliphatic heterocycles. The number of aliphatic imine (C=N–C) groups is 1. The smallest absolute Gasteiger partial charge is 0.327 e. The van der Waals surface area contributed by atoms with Crippen LogP contribution in [0.25, 0.3) is 0 Å². The second kappa shape index (κ2) is 16.2. The SMILES string of the molecule is CC(C)(C)[C@H]1NC(=O)CSC[C@@H](C(=O)O)NC(=O)[C@H](CC(=O)O)NC(=O)CNC(=O)[C@H](CCCN=C(N)N)NC1=O. The fraction of sp³-hybridized carbons (Fsp3) is 0.652. The molecule has 0 radical (unpaired) electrons. The second-order valence-electron chi connectivity index (χ2n) is 10.2. The fourth-order valence-electron chi connectivity index (χ4n) is 3.54. The number of rotatable bonds is 7. The van der Waals surface area contributed by atoms with E-state index in [1.807, 2.05) is 0 Å². The van der Waals surface area contributed by atoms with Gasteiger partial charge in [-0.25, -0.2) is 4.79 Å². The Bertz CT molecular complexity index is 1040. The molecule has 41 heavy (non-hydrogen) atoms. The molecule has 5 amide bonds. The Morgan fingerprint density at radius 3 is 2.15 bits per heavy atom. The lowest BCUT2D eigenvalue weighted by Crippen LogP contribution is -2.59. The second-order valence-corrected chi connectivity index (χ2v) is 11.3. The van der Waals surface area contributed by atoms with Gasteiger partial charge in [0.2, 0.25) is 29.5 Å². The average Bonchev–Trinajstić information content (AvgIpc) is 2.84. The van der Waals surface area contributed by atoms with Gasteiger partial charge in [0.05, 0.1) is 18.7 Å². The van der Waals surface area contributed by atoms with E-state index in [-0.39, 0.29) is 36.9 Å². The van der Waals surface area contributed by atoms with E-state index in [2.05, 4.69) is 31.6 Å². The lowest BCUT2D eigenvalue weighted by atomic mass is 9.85. The molecule has 230 valence electrons. The van der Waals surface area contributed by atoms with Gasteiger partial charge in [0.1, 0.15) is 24.2 Å². The number of carbonyl (C=O) groups excluding carboxylic acids is 5. The van der Waals surface area contributed by atoms with Gasteiger partial charge in [0.15, 0.2) is 5.96 Å². The van der Waals surface area contributed by atoms with Crippen LogP contribution in [0.2, 0.25) is 0 Å². The minimum Gasteiger partial charge on any atom is -0.481 e. The van der Waals surface area contributed by atoms with Gasteiger partial charge in [-0.3, -0.25) is 33.8 Å². The lowest BCUT2D eigenvalue weighted by molar-refractivity contribution is -0.143. The normalized spacial score (nSPS) is 23.8. The van der Waals surface area contributed by atoms with Crippen LogP contribution in [0.3, 0.4) is 0 Å². The zero-order chi connectivity index (χ0) is 31.3. The first-order chi connectivity index (χ1) is 19.0. The Hall–Kier alpha value is -4.09. The summed E-state index contributed by atoms with van der Waals surface area (Å²) in [4.78, 5) is 90.8. The predicted molar refractivity (Wildman–Crippen MR) is 147 cm³/mol. The average molecular weight is 603 g/mol. The highest BCUT2D eigenvalue weighted by Gasteiger charge is 2.35. The third-order valence-electron chi connectivity index (χ3n) is 5.60. The Morgan fingerprint density at radius 1 is 0.927 bits per heavy atom. The van der Waals surface area contributed by atoms with Crippen molar-refractivity contribution in [3.8, 4) is 0 Å². The van der Waals surface area contributed by atoms with Crippen LogP contribution < -0.4 is 38.1 Å². The van der Waals surface area contributed by atoms with Crippen molar-refractivity contribution in [2.24, 2.45) is 21.9 Å². The Morgan fingerprint density at radius 2 is 1.59 bits per heavy atom. The lowest BCUT2D eigenvalue weighted by Gasteiger charge is -2.32. The molecule has 1 fully saturated rings. The van der Waals surface area contributed by atoms with Crippen molar-refractivity contribution in [3.63, 3.8) is 0 Å². The minimum absolute atomic E-state index is 0.0528. The summed E-state index contributed by atoms with van der Waals surface area (Å²) in [5.74, 6) is -7.71. The molecular weight excluding hydrogens is 564 g/mol. The van der Waals surface area contributed by atoms with E-state index in [1.165, 1.54) is 0 Å². The van der Waals surface area contributed by atoms with Crippen LogP contribution in [0.4, 0.5) is 0 Å².